The number of carbonyl (C=O) groups excluding carboxylic acids is 1. The average molecular weight is 491 g/mol. The van der Waals surface area contributed by atoms with Gasteiger partial charge in [0.05, 0.1) is 0 Å². The first-order valence-corrected chi connectivity index (χ1v) is 9.17. The molecule has 0 saturated carbocycles. The lowest BCUT2D eigenvalue weighted by atomic mass is 10.2. The molecule has 0 aliphatic carbocycles. The maximum absolute atomic E-state index is 13.1. The molecule has 0 aromatic heterocycles. The molecule has 1 amide bonds. The molecule has 1 saturated heterocycles. The van der Waals surface area contributed by atoms with Crippen LogP contribution >= 0.6 is 24.0 Å². The molecule has 1 aliphatic rings. The third-order valence-electron chi connectivity index (χ3n) is 4.62. The third kappa shape index (κ3) is 7.15. The van der Waals surface area contributed by atoms with Crippen LogP contribution in [0.3, 0.4) is 0 Å². The molecule has 152 valence electrons. The van der Waals surface area contributed by atoms with E-state index in [1.165, 1.54) is 12.1 Å². The van der Waals surface area contributed by atoms with Crippen molar-refractivity contribution in [3.63, 3.8) is 0 Å². The SMILES string of the molecule is CCC(C)NC(=NCC(=O)N(C)C)N1CCN(c2ccc(F)cc2)CC1.I. The van der Waals surface area contributed by atoms with Crippen LogP contribution in [0.15, 0.2) is 29.3 Å². The van der Waals surface area contributed by atoms with Gasteiger partial charge >= 0.3 is 0 Å². The summed E-state index contributed by atoms with van der Waals surface area (Å²) in [5.41, 5.74) is 1.03. The summed E-state index contributed by atoms with van der Waals surface area (Å²) in [6.07, 6.45) is 0.982. The molecular formula is C19H31FIN5O. The summed E-state index contributed by atoms with van der Waals surface area (Å²) in [7, 11) is 3.47. The summed E-state index contributed by atoms with van der Waals surface area (Å²) in [5, 5.41) is 3.43. The highest BCUT2D eigenvalue weighted by molar-refractivity contribution is 14.0. The first-order valence-electron chi connectivity index (χ1n) is 9.17. The average Bonchev–Trinajstić information content (AvgIpc) is 2.65. The van der Waals surface area contributed by atoms with Gasteiger partial charge in [0, 0.05) is 52.0 Å². The van der Waals surface area contributed by atoms with Crippen LogP contribution in [-0.4, -0.2) is 74.5 Å². The summed E-state index contributed by atoms with van der Waals surface area (Å²) in [6, 6.07) is 6.90. The monoisotopic (exact) mass is 491 g/mol. The molecular weight excluding hydrogens is 460 g/mol. The number of likely N-dealkylation sites (N-methyl/N-ethyl adjacent to an activating group) is 1. The number of benzene rings is 1. The molecule has 0 radical (unpaired) electrons. The Hall–Kier alpha value is -1.58. The number of hydrogen-bond donors (Lipinski definition) is 1. The highest BCUT2D eigenvalue weighted by Crippen LogP contribution is 2.17. The second kappa shape index (κ2) is 11.3. The predicted molar refractivity (Wildman–Crippen MR) is 119 cm³/mol. The van der Waals surface area contributed by atoms with Gasteiger partial charge < -0.3 is 20.0 Å². The quantitative estimate of drug-likeness (QED) is 0.391. The van der Waals surface area contributed by atoms with Gasteiger partial charge in [-0.15, -0.1) is 24.0 Å². The maximum Gasteiger partial charge on any atom is 0.243 e. The van der Waals surface area contributed by atoms with Gasteiger partial charge in [0.2, 0.25) is 5.91 Å². The molecule has 1 fully saturated rings. The lowest BCUT2D eigenvalue weighted by Crippen LogP contribution is -2.54. The minimum absolute atomic E-state index is 0. The predicted octanol–water partition coefficient (Wildman–Crippen LogP) is 2.40. The van der Waals surface area contributed by atoms with Gasteiger partial charge in [0.25, 0.3) is 0 Å². The zero-order valence-corrected chi connectivity index (χ0v) is 18.9. The van der Waals surface area contributed by atoms with Crippen molar-refractivity contribution in [3.8, 4) is 0 Å². The van der Waals surface area contributed by atoms with E-state index in [9.17, 15) is 9.18 Å². The van der Waals surface area contributed by atoms with Crippen molar-refractivity contribution in [1.82, 2.24) is 15.1 Å². The van der Waals surface area contributed by atoms with Crippen molar-refractivity contribution in [2.24, 2.45) is 4.99 Å². The molecule has 1 aromatic carbocycles. The number of guanidine groups is 1. The van der Waals surface area contributed by atoms with Crippen LogP contribution in [0.4, 0.5) is 10.1 Å². The smallest absolute Gasteiger partial charge is 0.243 e. The summed E-state index contributed by atoms with van der Waals surface area (Å²) in [6.45, 7) is 7.63. The zero-order valence-electron chi connectivity index (χ0n) is 16.6. The third-order valence-corrected chi connectivity index (χ3v) is 4.62. The van der Waals surface area contributed by atoms with Gasteiger partial charge in [-0.05, 0) is 37.6 Å². The first-order chi connectivity index (χ1) is 12.4. The van der Waals surface area contributed by atoms with E-state index in [-0.39, 0.29) is 42.2 Å². The van der Waals surface area contributed by atoms with Gasteiger partial charge in [-0.3, -0.25) is 4.79 Å². The van der Waals surface area contributed by atoms with Crippen molar-refractivity contribution in [2.75, 3.05) is 51.7 Å². The molecule has 1 aliphatic heterocycles. The normalized spacial score (nSPS) is 15.8. The van der Waals surface area contributed by atoms with Gasteiger partial charge in [0.1, 0.15) is 12.4 Å². The number of nitrogens with zero attached hydrogens (tertiary/aromatic N) is 4. The Morgan fingerprint density at radius 3 is 2.33 bits per heavy atom. The summed E-state index contributed by atoms with van der Waals surface area (Å²) < 4.78 is 13.1. The minimum atomic E-state index is -0.217. The second-order valence-electron chi connectivity index (χ2n) is 6.83. The Morgan fingerprint density at radius 1 is 1.22 bits per heavy atom. The maximum atomic E-state index is 13.1. The number of carbonyl (C=O) groups is 1. The van der Waals surface area contributed by atoms with E-state index in [4.69, 9.17) is 0 Å². The standard InChI is InChI=1S/C19H30FN5O.HI/c1-5-15(2)22-19(21-14-18(26)23(3)4)25-12-10-24(11-13-25)17-8-6-16(20)7-9-17;/h6-9,15H,5,10-14H2,1-4H3,(H,21,22);1H. The number of aliphatic imine (C=N–C) groups is 1. The largest absolute Gasteiger partial charge is 0.368 e. The minimum Gasteiger partial charge on any atom is -0.368 e. The fraction of sp³-hybridized carbons (Fsp3) is 0.579. The van der Waals surface area contributed by atoms with Gasteiger partial charge in [-0.1, -0.05) is 6.92 Å². The Labute approximate surface area is 178 Å². The second-order valence-corrected chi connectivity index (χ2v) is 6.83. The van der Waals surface area contributed by atoms with Crippen molar-refractivity contribution >= 4 is 41.5 Å². The topological polar surface area (TPSA) is 51.2 Å². The van der Waals surface area contributed by atoms with Gasteiger partial charge in [0.15, 0.2) is 5.96 Å². The summed E-state index contributed by atoms with van der Waals surface area (Å²) in [4.78, 5) is 22.4. The van der Waals surface area contributed by atoms with E-state index in [0.29, 0.717) is 6.04 Å². The molecule has 0 bridgehead atoms. The fourth-order valence-corrected chi connectivity index (χ4v) is 2.67. The van der Waals surface area contributed by atoms with Gasteiger partial charge in [-0.2, -0.15) is 0 Å². The van der Waals surface area contributed by atoms with E-state index in [1.807, 2.05) is 12.1 Å². The Morgan fingerprint density at radius 2 is 1.81 bits per heavy atom. The summed E-state index contributed by atoms with van der Waals surface area (Å²) >= 11 is 0. The molecule has 2 rings (SSSR count). The molecule has 1 atom stereocenters. The van der Waals surface area contributed by atoms with Crippen molar-refractivity contribution in [3.05, 3.63) is 30.1 Å². The van der Waals surface area contributed by atoms with Gasteiger partial charge in [-0.25, -0.2) is 9.38 Å². The van der Waals surface area contributed by atoms with E-state index < -0.39 is 0 Å². The molecule has 1 heterocycles. The van der Waals surface area contributed by atoms with Crippen LogP contribution in [0.2, 0.25) is 0 Å². The number of rotatable bonds is 5. The Bertz CT molecular complexity index is 615. The lowest BCUT2D eigenvalue weighted by molar-refractivity contribution is -0.127. The van der Waals surface area contributed by atoms with Crippen LogP contribution in [0.5, 0.6) is 0 Å². The molecule has 8 heteroatoms. The molecule has 6 nitrogen and oxygen atoms in total. The lowest BCUT2D eigenvalue weighted by Gasteiger charge is -2.38. The number of hydrogen-bond acceptors (Lipinski definition) is 3. The van der Waals surface area contributed by atoms with Crippen molar-refractivity contribution in [2.45, 2.75) is 26.3 Å². The molecule has 1 aromatic rings. The van der Waals surface area contributed by atoms with Crippen LogP contribution < -0.4 is 10.2 Å². The van der Waals surface area contributed by atoms with Crippen LogP contribution in [0.1, 0.15) is 20.3 Å². The van der Waals surface area contributed by atoms with E-state index in [0.717, 1.165) is 44.2 Å². The molecule has 27 heavy (non-hydrogen) atoms. The number of nitrogens with one attached hydrogen (secondary N) is 1. The first kappa shape index (κ1) is 23.5. The van der Waals surface area contributed by atoms with E-state index >= 15 is 0 Å². The number of halogens is 2. The van der Waals surface area contributed by atoms with Crippen LogP contribution in [0.25, 0.3) is 0 Å². The van der Waals surface area contributed by atoms with E-state index in [2.05, 4.69) is 34.0 Å². The Balaban J connectivity index is 0.00000364. The zero-order chi connectivity index (χ0) is 19.1. The van der Waals surface area contributed by atoms with Crippen LogP contribution in [-0.2, 0) is 4.79 Å². The molecule has 0 spiro atoms. The molecule has 1 N–H and O–H groups in total. The van der Waals surface area contributed by atoms with Crippen LogP contribution in [0, 0.1) is 5.82 Å². The highest BCUT2D eigenvalue weighted by atomic mass is 127. The number of anilines is 1. The number of piperazine rings is 1. The molecule has 1 unspecified atom stereocenters. The highest BCUT2D eigenvalue weighted by Gasteiger charge is 2.21. The van der Waals surface area contributed by atoms with Crippen molar-refractivity contribution < 1.29 is 9.18 Å². The van der Waals surface area contributed by atoms with Crippen molar-refractivity contribution in [1.29, 1.82) is 0 Å². The fourth-order valence-electron chi connectivity index (χ4n) is 2.67. The summed E-state index contributed by atoms with van der Waals surface area (Å²) in [5.74, 6) is 0.553. The Kier molecular flexibility index (Phi) is 9.82. The number of amides is 1. The van der Waals surface area contributed by atoms with E-state index in [1.54, 1.807) is 19.0 Å².